The fourth-order valence-electron chi connectivity index (χ4n) is 2.43. The first kappa shape index (κ1) is 13.1. The standard InChI is InChI=1S/C10H15N5O5/c11-10-13-7-4(8(19)14-10)12-2-15(7)9-6(18)5(17)3(1-16)20-9/h3,5-6,9,12,16-18H,1-2H2,(H3,11,13,14,19)/t3-,5?,6?,9-/m1/s1. The maximum absolute atomic E-state index is 11.7. The quantitative estimate of drug-likeness (QED) is 0.333. The van der Waals surface area contributed by atoms with Crippen LogP contribution in [-0.2, 0) is 4.74 Å². The van der Waals surface area contributed by atoms with Crippen molar-refractivity contribution in [2.45, 2.75) is 24.5 Å². The predicted octanol–water partition coefficient (Wildman–Crippen LogP) is -3.02. The van der Waals surface area contributed by atoms with Crippen molar-refractivity contribution in [2.75, 3.05) is 29.2 Å². The van der Waals surface area contributed by atoms with Gasteiger partial charge in [0.2, 0.25) is 5.95 Å². The zero-order chi connectivity index (χ0) is 14.4. The summed E-state index contributed by atoms with van der Waals surface area (Å²) in [6.45, 7) is -0.255. The highest BCUT2D eigenvalue weighted by Crippen LogP contribution is 2.33. The molecule has 4 atom stereocenters. The summed E-state index contributed by atoms with van der Waals surface area (Å²) in [4.78, 5) is 19.5. The molecule has 0 saturated carbocycles. The van der Waals surface area contributed by atoms with Gasteiger partial charge >= 0.3 is 0 Å². The van der Waals surface area contributed by atoms with Gasteiger partial charge in [0.1, 0.15) is 24.0 Å². The summed E-state index contributed by atoms with van der Waals surface area (Å²) in [5.74, 6) is 0.176. The Balaban J connectivity index is 1.94. The molecule has 7 N–H and O–H groups in total. The van der Waals surface area contributed by atoms with E-state index in [1.165, 1.54) is 4.90 Å². The zero-order valence-corrected chi connectivity index (χ0v) is 10.4. The predicted molar refractivity (Wildman–Crippen MR) is 68.0 cm³/mol. The van der Waals surface area contributed by atoms with E-state index >= 15 is 0 Å². The maximum atomic E-state index is 11.7. The molecule has 2 unspecified atom stereocenters. The molecule has 0 aliphatic carbocycles. The van der Waals surface area contributed by atoms with Gasteiger partial charge in [-0.3, -0.25) is 9.78 Å². The number of hydrogen-bond donors (Lipinski definition) is 6. The number of nitrogens with zero attached hydrogens (tertiary/aromatic N) is 2. The average Bonchev–Trinajstić information content (AvgIpc) is 2.93. The molecule has 0 spiro atoms. The van der Waals surface area contributed by atoms with Crippen LogP contribution in [0, 0.1) is 0 Å². The largest absolute Gasteiger partial charge is 0.394 e. The second kappa shape index (κ2) is 4.59. The molecular weight excluding hydrogens is 270 g/mol. The normalized spacial score (nSPS) is 32.2. The summed E-state index contributed by atoms with van der Waals surface area (Å²) in [5, 5.41) is 31.6. The summed E-state index contributed by atoms with van der Waals surface area (Å²) in [6.07, 6.45) is -4.27. The Labute approximate surface area is 112 Å². The highest BCUT2D eigenvalue weighted by atomic mass is 16.6. The third-order valence-electron chi connectivity index (χ3n) is 3.44. The Bertz CT molecular complexity index is 578. The molecule has 1 aromatic rings. The van der Waals surface area contributed by atoms with Crippen molar-refractivity contribution in [3.63, 3.8) is 0 Å². The van der Waals surface area contributed by atoms with Crippen molar-refractivity contribution in [1.82, 2.24) is 9.97 Å². The number of ether oxygens (including phenoxy) is 1. The van der Waals surface area contributed by atoms with Crippen LogP contribution in [0.3, 0.4) is 0 Å². The van der Waals surface area contributed by atoms with Gasteiger partial charge in [-0.25, -0.2) is 0 Å². The first-order chi connectivity index (χ1) is 9.52. The molecule has 1 saturated heterocycles. The number of nitrogens with one attached hydrogen (secondary N) is 2. The summed E-state index contributed by atoms with van der Waals surface area (Å²) in [6, 6.07) is 0. The molecule has 1 aromatic heterocycles. The van der Waals surface area contributed by atoms with Crippen molar-refractivity contribution in [3.05, 3.63) is 10.4 Å². The van der Waals surface area contributed by atoms with E-state index in [1.54, 1.807) is 0 Å². The first-order valence-corrected chi connectivity index (χ1v) is 6.05. The molecule has 3 heterocycles. The molecule has 10 heteroatoms. The molecule has 2 aliphatic rings. The molecular formula is C10H15N5O5. The molecule has 0 bridgehead atoms. The monoisotopic (exact) mass is 285 g/mol. The van der Waals surface area contributed by atoms with Crippen LogP contribution in [0.25, 0.3) is 0 Å². The fraction of sp³-hybridized carbons (Fsp3) is 0.600. The molecule has 0 aromatic carbocycles. The second-order valence-corrected chi connectivity index (χ2v) is 4.68. The molecule has 10 nitrogen and oxygen atoms in total. The van der Waals surface area contributed by atoms with Crippen LogP contribution in [0.2, 0.25) is 0 Å². The van der Waals surface area contributed by atoms with E-state index in [0.29, 0.717) is 0 Å². The lowest BCUT2D eigenvalue weighted by Crippen LogP contribution is -2.44. The minimum atomic E-state index is -1.23. The van der Waals surface area contributed by atoms with Gasteiger partial charge < -0.3 is 36.0 Å². The highest BCUT2D eigenvalue weighted by molar-refractivity contribution is 5.71. The number of aliphatic hydroxyl groups excluding tert-OH is 3. The minimum Gasteiger partial charge on any atom is -0.394 e. The lowest BCUT2D eigenvalue weighted by Gasteiger charge is -2.26. The highest BCUT2D eigenvalue weighted by Gasteiger charge is 2.47. The second-order valence-electron chi connectivity index (χ2n) is 4.68. The first-order valence-electron chi connectivity index (χ1n) is 6.05. The summed E-state index contributed by atoms with van der Waals surface area (Å²) < 4.78 is 5.40. The van der Waals surface area contributed by atoms with Crippen molar-refractivity contribution < 1.29 is 20.1 Å². The Morgan fingerprint density at radius 2 is 2.20 bits per heavy atom. The van der Waals surface area contributed by atoms with E-state index < -0.39 is 36.7 Å². The van der Waals surface area contributed by atoms with Gasteiger partial charge in [0.15, 0.2) is 12.0 Å². The van der Waals surface area contributed by atoms with Gasteiger partial charge in [-0.2, -0.15) is 4.98 Å². The van der Waals surface area contributed by atoms with Crippen LogP contribution in [0.4, 0.5) is 17.5 Å². The van der Waals surface area contributed by atoms with Crippen LogP contribution in [0.1, 0.15) is 0 Å². The van der Waals surface area contributed by atoms with Crippen LogP contribution >= 0.6 is 0 Å². The van der Waals surface area contributed by atoms with Gasteiger partial charge in [-0.15, -0.1) is 0 Å². The Morgan fingerprint density at radius 3 is 2.85 bits per heavy atom. The number of nitrogen functional groups attached to an aromatic ring is 1. The molecule has 110 valence electrons. The molecule has 0 amide bonds. The van der Waals surface area contributed by atoms with Crippen LogP contribution in [-0.4, -0.2) is 63.1 Å². The van der Waals surface area contributed by atoms with Crippen LogP contribution < -0.4 is 21.5 Å². The van der Waals surface area contributed by atoms with E-state index in [-0.39, 0.29) is 24.1 Å². The van der Waals surface area contributed by atoms with E-state index in [4.69, 9.17) is 15.6 Å². The summed E-state index contributed by atoms with van der Waals surface area (Å²) >= 11 is 0. The lowest BCUT2D eigenvalue weighted by atomic mass is 10.1. The number of H-pyrrole nitrogens is 1. The zero-order valence-electron chi connectivity index (χ0n) is 10.4. The van der Waals surface area contributed by atoms with E-state index in [2.05, 4.69) is 15.3 Å². The van der Waals surface area contributed by atoms with Crippen molar-refractivity contribution >= 4 is 17.5 Å². The number of nitrogens with two attached hydrogens (primary N) is 1. The molecule has 2 aliphatic heterocycles. The van der Waals surface area contributed by atoms with Crippen molar-refractivity contribution in [3.8, 4) is 0 Å². The average molecular weight is 285 g/mol. The van der Waals surface area contributed by atoms with E-state index in [1.807, 2.05) is 0 Å². The molecule has 0 radical (unpaired) electrons. The molecule has 3 rings (SSSR count). The summed E-state index contributed by atoms with van der Waals surface area (Å²) in [5.41, 5.74) is 5.28. The third kappa shape index (κ3) is 1.81. The SMILES string of the molecule is Nc1nc2c(c(=O)[nH]1)NCN2[C@@H]1O[C@H](CO)C(O)C1O. The number of rotatable bonds is 2. The van der Waals surface area contributed by atoms with E-state index in [9.17, 15) is 15.0 Å². The van der Waals surface area contributed by atoms with Gasteiger partial charge in [0.25, 0.3) is 5.56 Å². The number of anilines is 3. The number of aliphatic hydroxyl groups is 3. The minimum absolute atomic E-state index is 0.0609. The summed E-state index contributed by atoms with van der Waals surface area (Å²) in [7, 11) is 0. The topological polar surface area (TPSA) is 157 Å². The molecule has 20 heavy (non-hydrogen) atoms. The van der Waals surface area contributed by atoms with Crippen LogP contribution in [0.15, 0.2) is 4.79 Å². The number of fused-ring (bicyclic) bond motifs is 1. The Kier molecular flexibility index (Phi) is 3.01. The smallest absolute Gasteiger partial charge is 0.277 e. The van der Waals surface area contributed by atoms with Gasteiger partial charge in [-0.1, -0.05) is 0 Å². The number of hydrogen-bond acceptors (Lipinski definition) is 9. The van der Waals surface area contributed by atoms with Gasteiger partial charge in [0, 0.05) is 0 Å². The van der Waals surface area contributed by atoms with Gasteiger partial charge in [-0.05, 0) is 0 Å². The fourth-order valence-corrected chi connectivity index (χ4v) is 2.43. The Morgan fingerprint density at radius 1 is 1.45 bits per heavy atom. The lowest BCUT2D eigenvalue weighted by molar-refractivity contribution is -0.0219. The van der Waals surface area contributed by atoms with Gasteiger partial charge in [0.05, 0.1) is 13.3 Å². The number of aromatic nitrogens is 2. The number of aromatic amines is 1. The van der Waals surface area contributed by atoms with Crippen molar-refractivity contribution in [1.29, 1.82) is 0 Å². The van der Waals surface area contributed by atoms with Crippen LogP contribution in [0.5, 0.6) is 0 Å². The third-order valence-corrected chi connectivity index (χ3v) is 3.44. The molecule has 1 fully saturated rings. The maximum Gasteiger partial charge on any atom is 0.277 e. The van der Waals surface area contributed by atoms with E-state index in [0.717, 1.165) is 0 Å². The Hall–Kier alpha value is -1.88. The van der Waals surface area contributed by atoms with Crippen molar-refractivity contribution in [2.24, 2.45) is 0 Å².